The Labute approximate surface area is 143 Å². The van der Waals surface area contributed by atoms with Crippen LogP contribution in [0.5, 0.6) is 0 Å². The van der Waals surface area contributed by atoms with Gasteiger partial charge in [0, 0.05) is 4.47 Å². The number of fused-ring (bicyclic) bond motifs is 1. The first kappa shape index (κ1) is 16.4. The highest BCUT2D eigenvalue weighted by Gasteiger charge is 2.37. The molecule has 1 aromatic heterocycles. The van der Waals surface area contributed by atoms with Crippen molar-refractivity contribution in [3.05, 3.63) is 64.3 Å². The average molecular weight is 395 g/mol. The second kappa shape index (κ2) is 6.56. The van der Waals surface area contributed by atoms with E-state index in [9.17, 15) is 13.2 Å². The Kier molecular flexibility index (Phi) is 4.48. The number of nitrogens with one attached hydrogen (secondary N) is 1. The highest BCUT2D eigenvalue weighted by Crippen LogP contribution is 2.33. The number of hydrogen-bond acceptors (Lipinski definition) is 4. The van der Waals surface area contributed by atoms with Gasteiger partial charge >= 0.3 is 6.18 Å². The molecule has 0 bridgehead atoms. The zero-order chi connectivity index (χ0) is 17.2. The summed E-state index contributed by atoms with van der Waals surface area (Å²) in [5.74, 6) is -0.436. The summed E-state index contributed by atoms with van der Waals surface area (Å²) in [7, 11) is 0. The molecule has 3 aromatic rings. The molecule has 0 amide bonds. The fourth-order valence-electron chi connectivity index (χ4n) is 1.99. The zero-order valence-electron chi connectivity index (χ0n) is 12.0. The monoisotopic (exact) mass is 394 g/mol. The van der Waals surface area contributed by atoms with E-state index >= 15 is 0 Å². The lowest BCUT2D eigenvalue weighted by Crippen LogP contribution is -2.13. The van der Waals surface area contributed by atoms with E-state index in [1.807, 2.05) is 0 Å². The Balaban J connectivity index is 1.93. The highest BCUT2D eigenvalue weighted by molar-refractivity contribution is 9.10. The SMILES string of the molecule is FC(F)(F)c1nc2ccccc2nc1NN=Cc1ccc(Br)cc1. The Bertz CT molecular complexity index is 892. The van der Waals surface area contributed by atoms with Gasteiger partial charge in [0.2, 0.25) is 0 Å². The molecule has 24 heavy (non-hydrogen) atoms. The summed E-state index contributed by atoms with van der Waals surface area (Å²) < 4.78 is 40.4. The number of hydrazone groups is 1. The number of nitrogens with zero attached hydrogens (tertiary/aromatic N) is 3. The van der Waals surface area contributed by atoms with E-state index in [0.29, 0.717) is 5.52 Å². The lowest BCUT2D eigenvalue weighted by Gasteiger charge is -2.11. The molecule has 0 aliphatic carbocycles. The number of aromatic nitrogens is 2. The van der Waals surface area contributed by atoms with Crippen LogP contribution in [-0.2, 0) is 6.18 Å². The third-order valence-electron chi connectivity index (χ3n) is 3.09. The van der Waals surface area contributed by atoms with Gasteiger partial charge in [-0.05, 0) is 29.8 Å². The molecule has 1 N–H and O–H groups in total. The molecular weight excluding hydrogens is 385 g/mol. The fourth-order valence-corrected chi connectivity index (χ4v) is 2.26. The molecule has 0 aliphatic rings. The molecule has 0 atom stereocenters. The van der Waals surface area contributed by atoms with Gasteiger partial charge in [-0.15, -0.1) is 0 Å². The molecule has 8 heteroatoms. The molecule has 2 aromatic carbocycles. The third kappa shape index (κ3) is 3.70. The molecule has 0 saturated carbocycles. The Morgan fingerprint density at radius 1 is 0.958 bits per heavy atom. The van der Waals surface area contributed by atoms with Crippen LogP contribution in [0.15, 0.2) is 58.1 Å². The first-order valence-electron chi connectivity index (χ1n) is 6.82. The van der Waals surface area contributed by atoms with Crippen LogP contribution in [-0.4, -0.2) is 16.2 Å². The first-order valence-corrected chi connectivity index (χ1v) is 7.61. The van der Waals surface area contributed by atoms with Crippen molar-refractivity contribution < 1.29 is 13.2 Å². The Morgan fingerprint density at radius 3 is 2.21 bits per heavy atom. The number of para-hydroxylation sites is 2. The van der Waals surface area contributed by atoms with Crippen LogP contribution in [0.4, 0.5) is 19.0 Å². The van der Waals surface area contributed by atoms with Crippen molar-refractivity contribution in [2.45, 2.75) is 6.18 Å². The number of rotatable bonds is 3. The first-order chi connectivity index (χ1) is 11.4. The lowest BCUT2D eigenvalue weighted by molar-refractivity contribution is -0.140. The second-order valence-electron chi connectivity index (χ2n) is 4.83. The minimum Gasteiger partial charge on any atom is -0.260 e. The van der Waals surface area contributed by atoms with Crippen LogP contribution in [0.3, 0.4) is 0 Å². The van der Waals surface area contributed by atoms with E-state index in [0.717, 1.165) is 10.0 Å². The van der Waals surface area contributed by atoms with Gasteiger partial charge in [-0.2, -0.15) is 18.3 Å². The summed E-state index contributed by atoms with van der Waals surface area (Å²) in [6.45, 7) is 0. The van der Waals surface area contributed by atoms with E-state index in [4.69, 9.17) is 0 Å². The van der Waals surface area contributed by atoms with Gasteiger partial charge in [0.1, 0.15) is 0 Å². The van der Waals surface area contributed by atoms with Crippen LogP contribution >= 0.6 is 15.9 Å². The maximum Gasteiger partial charge on any atom is 0.437 e. The van der Waals surface area contributed by atoms with Crippen LogP contribution in [0, 0.1) is 0 Å². The van der Waals surface area contributed by atoms with Gasteiger partial charge < -0.3 is 0 Å². The molecule has 0 aliphatic heterocycles. The van der Waals surface area contributed by atoms with Crippen LogP contribution in [0.1, 0.15) is 11.3 Å². The summed E-state index contributed by atoms with van der Waals surface area (Å²) in [6, 6.07) is 13.5. The fraction of sp³-hybridized carbons (Fsp3) is 0.0625. The Morgan fingerprint density at radius 2 is 1.58 bits per heavy atom. The van der Waals surface area contributed by atoms with E-state index < -0.39 is 17.7 Å². The number of hydrogen-bond donors (Lipinski definition) is 1. The van der Waals surface area contributed by atoms with Crippen molar-refractivity contribution in [3.8, 4) is 0 Å². The number of anilines is 1. The summed E-state index contributed by atoms with van der Waals surface area (Å²) in [4.78, 5) is 7.63. The molecule has 0 fully saturated rings. The summed E-state index contributed by atoms with van der Waals surface area (Å²) in [6.07, 6.45) is -3.23. The largest absolute Gasteiger partial charge is 0.437 e. The smallest absolute Gasteiger partial charge is 0.260 e. The van der Waals surface area contributed by atoms with Gasteiger partial charge in [-0.1, -0.05) is 40.2 Å². The van der Waals surface area contributed by atoms with Crippen molar-refractivity contribution in [2.75, 3.05) is 5.43 Å². The van der Waals surface area contributed by atoms with Gasteiger partial charge in [0.15, 0.2) is 11.5 Å². The molecule has 1 heterocycles. The minimum atomic E-state index is -4.63. The minimum absolute atomic E-state index is 0.173. The quantitative estimate of drug-likeness (QED) is 0.509. The van der Waals surface area contributed by atoms with Crippen molar-refractivity contribution in [1.82, 2.24) is 9.97 Å². The zero-order valence-corrected chi connectivity index (χ0v) is 13.6. The maximum absolute atomic E-state index is 13.2. The van der Waals surface area contributed by atoms with Crippen LogP contribution < -0.4 is 5.43 Å². The molecule has 0 spiro atoms. The predicted octanol–water partition coefficient (Wildman–Crippen LogP) is 4.86. The second-order valence-corrected chi connectivity index (χ2v) is 5.74. The molecule has 0 unspecified atom stereocenters. The number of halogens is 4. The summed E-state index contributed by atoms with van der Waals surface area (Å²) in [5, 5.41) is 3.83. The van der Waals surface area contributed by atoms with Gasteiger partial charge in [0.05, 0.1) is 17.2 Å². The standard InChI is InChI=1S/C16H10BrF3N4/c17-11-7-5-10(6-8-11)9-21-24-15-14(16(18,19)20)22-12-3-1-2-4-13(12)23-15/h1-9H,(H,23,24). The van der Waals surface area contributed by atoms with E-state index in [-0.39, 0.29) is 5.52 Å². The normalized spacial score (nSPS) is 12.0. The van der Waals surface area contributed by atoms with E-state index in [2.05, 4.69) is 36.4 Å². The molecule has 3 rings (SSSR count). The third-order valence-corrected chi connectivity index (χ3v) is 3.62. The Hall–Kier alpha value is -2.48. The van der Waals surface area contributed by atoms with Crippen LogP contribution in [0.2, 0.25) is 0 Å². The molecule has 0 radical (unpaired) electrons. The highest BCUT2D eigenvalue weighted by atomic mass is 79.9. The van der Waals surface area contributed by atoms with Crippen molar-refractivity contribution in [3.63, 3.8) is 0 Å². The molecular formula is C16H10BrF3N4. The lowest BCUT2D eigenvalue weighted by atomic mass is 10.2. The summed E-state index contributed by atoms with van der Waals surface area (Å²) in [5.41, 5.74) is 2.49. The van der Waals surface area contributed by atoms with Gasteiger partial charge in [-0.3, -0.25) is 5.43 Å². The van der Waals surface area contributed by atoms with Gasteiger partial charge in [-0.25, -0.2) is 9.97 Å². The summed E-state index contributed by atoms with van der Waals surface area (Å²) >= 11 is 3.30. The van der Waals surface area contributed by atoms with Crippen molar-refractivity contribution in [2.24, 2.45) is 5.10 Å². The number of benzene rings is 2. The maximum atomic E-state index is 13.2. The average Bonchev–Trinajstić information content (AvgIpc) is 2.55. The number of alkyl halides is 3. The van der Waals surface area contributed by atoms with Crippen molar-refractivity contribution >= 4 is 39.0 Å². The van der Waals surface area contributed by atoms with E-state index in [1.165, 1.54) is 12.3 Å². The molecule has 0 saturated heterocycles. The molecule has 122 valence electrons. The topological polar surface area (TPSA) is 50.2 Å². The van der Waals surface area contributed by atoms with Crippen molar-refractivity contribution in [1.29, 1.82) is 0 Å². The predicted molar refractivity (Wildman–Crippen MR) is 89.9 cm³/mol. The van der Waals surface area contributed by atoms with Crippen LogP contribution in [0.25, 0.3) is 11.0 Å². The van der Waals surface area contributed by atoms with Gasteiger partial charge in [0.25, 0.3) is 0 Å². The molecule has 4 nitrogen and oxygen atoms in total. The van der Waals surface area contributed by atoms with E-state index in [1.54, 1.807) is 42.5 Å².